The summed E-state index contributed by atoms with van der Waals surface area (Å²) < 4.78 is 5.02. The number of aromatic carboxylic acids is 1. The second-order valence-electron chi connectivity index (χ2n) is 3.69. The van der Waals surface area contributed by atoms with Gasteiger partial charge in [-0.15, -0.1) is 0 Å². The van der Waals surface area contributed by atoms with E-state index in [1.54, 1.807) is 12.1 Å². The third kappa shape index (κ3) is 5.62. The zero-order valence-corrected chi connectivity index (χ0v) is 13.9. The maximum Gasteiger partial charge on any atom is 1.00 e. The van der Waals surface area contributed by atoms with E-state index in [4.69, 9.17) is 9.84 Å². The van der Waals surface area contributed by atoms with Crippen LogP contribution in [0.25, 0.3) is 0 Å². The molecule has 18 heavy (non-hydrogen) atoms. The van der Waals surface area contributed by atoms with Crippen LogP contribution in [0, 0.1) is 0 Å². The summed E-state index contributed by atoms with van der Waals surface area (Å²) in [5.74, 6) is -1.69. The Hall–Kier alpha value is -0.204. The minimum atomic E-state index is -1.12. The average molecular weight is 276 g/mol. The van der Waals surface area contributed by atoms with Crippen molar-refractivity contribution in [2.75, 3.05) is 6.61 Å². The van der Waals surface area contributed by atoms with Crippen LogP contribution in [0.3, 0.4) is 0 Å². The predicted octanol–water partition coefficient (Wildman–Crippen LogP) is -0.152. The first-order chi connectivity index (χ1) is 8.16. The Balaban J connectivity index is 0. The second-order valence-corrected chi connectivity index (χ2v) is 3.69. The van der Waals surface area contributed by atoms with E-state index < -0.39 is 11.9 Å². The smallest absolute Gasteiger partial charge is 1.00 e. The first-order valence-corrected chi connectivity index (χ1v) is 5.66. The molecule has 4 nitrogen and oxygen atoms in total. The van der Waals surface area contributed by atoms with Gasteiger partial charge in [0, 0.05) is 0 Å². The fraction of sp³-hybridized carbons (Fsp3) is 0.385. The Kier molecular flexibility index (Phi) is 9.58. The van der Waals surface area contributed by atoms with Gasteiger partial charge < -0.3 is 11.3 Å². The molecule has 0 spiro atoms. The molecule has 0 aliphatic carbocycles. The SMILES string of the molecule is CCCCCOC(=O)c1ccccc1C(=O)O.[H-].[K+]. The molecule has 1 N–H and O–H groups in total. The molecule has 0 fully saturated rings. The number of carbonyl (C=O) groups excluding carboxylic acids is 1. The summed E-state index contributed by atoms with van der Waals surface area (Å²) in [6.07, 6.45) is 2.84. The van der Waals surface area contributed by atoms with Gasteiger partial charge in [0.05, 0.1) is 17.7 Å². The van der Waals surface area contributed by atoms with Gasteiger partial charge in [-0.3, -0.25) is 0 Å². The molecule has 0 bridgehead atoms. The van der Waals surface area contributed by atoms with Crippen LogP contribution in [0.2, 0.25) is 0 Å². The molecule has 5 heteroatoms. The van der Waals surface area contributed by atoms with E-state index in [-0.39, 0.29) is 63.9 Å². The molecule has 94 valence electrons. The molecule has 1 aromatic rings. The predicted molar refractivity (Wildman–Crippen MR) is 64.3 cm³/mol. The summed E-state index contributed by atoms with van der Waals surface area (Å²) >= 11 is 0. The molecule has 0 aliphatic heterocycles. The van der Waals surface area contributed by atoms with Gasteiger partial charge in [-0.2, -0.15) is 0 Å². The van der Waals surface area contributed by atoms with Crippen molar-refractivity contribution in [3.63, 3.8) is 0 Å². The van der Waals surface area contributed by atoms with Crippen molar-refractivity contribution in [1.29, 1.82) is 0 Å². The van der Waals surface area contributed by atoms with Gasteiger partial charge in [0.1, 0.15) is 0 Å². The molecule has 1 aromatic carbocycles. The Morgan fingerprint density at radius 3 is 2.39 bits per heavy atom. The normalized spacial score (nSPS) is 9.39. The summed E-state index contributed by atoms with van der Waals surface area (Å²) in [6, 6.07) is 6.06. The van der Waals surface area contributed by atoms with Crippen LogP contribution >= 0.6 is 0 Å². The van der Waals surface area contributed by atoms with Gasteiger partial charge in [-0.05, 0) is 18.6 Å². The average Bonchev–Trinajstić information content (AvgIpc) is 2.34. The molecule has 0 saturated heterocycles. The van der Waals surface area contributed by atoms with Gasteiger partial charge in [0.2, 0.25) is 0 Å². The molecule has 0 atom stereocenters. The van der Waals surface area contributed by atoms with Crippen molar-refractivity contribution in [3.05, 3.63) is 35.4 Å². The number of carbonyl (C=O) groups is 2. The van der Waals surface area contributed by atoms with Gasteiger partial charge in [-0.1, -0.05) is 31.9 Å². The Bertz CT molecular complexity index is 409. The van der Waals surface area contributed by atoms with Crippen molar-refractivity contribution < 1.29 is 72.2 Å². The van der Waals surface area contributed by atoms with Crippen LogP contribution in [-0.4, -0.2) is 23.7 Å². The van der Waals surface area contributed by atoms with Crippen LogP contribution in [0.5, 0.6) is 0 Å². The third-order valence-corrected chi connectivity index (χ3v) is 2.36. The number of ether oxygens (including phenoxy) is 1. The minimum absolute atomic E-state index is 0. The van der Waals surface area contributed by atoms with E-state index in [1.807, 2.05) is 0 Å². The molecule has 0 heterocycles. The van der Waals surface area contributed by atoms with E-state index in [1.165, 1.54) is 12.1 Å². The topological polar surface area (TPSA) is 63.6 Å². The van der Waals surface area contributed by atoms with Gasteiger partial charge in [-0.25, -0.2) is 9.59 Å². The molecular weight excluding hydrogens is 259 g/mol. The summed E-state index contributed by atoms with van der Waals surface area (Å²) in [5.41, 5.74) is 0.0875. The standard InChI is InChI=1S/C13H16O4.K.H/c1-2-3-6-9-17-13(16)11-8-5-4-7-10(11)12(14)15;;/h4-5,7-8H,2-3,6,9H2,1H3,(H,14,15);;/q;+1;-1. The van der Waals surface area contributed by atoms with E-state index in [0.717, 1.165) is 19.3 Å². The zero-order chi connectivity index (χ0) is 12.7. The Morgan fingerprint density at radius 2 is 1.83 bits per heavy atom. The Labute approximate surface area is 151 Å². The fourth-order valence-corrected chi connectivity index (χ4v) is 1.44. The van der Waals surface area contributed by atoms with Crippen molar-refractivity contribution in [2.45, 2.75) is 26.2 Å². The van der Waals surface area contributed by atoms with Crippen molar-refractivity contribution >= 4 is 11.9 Å². The number of hydrogen-bond acceptors (Lipinski definition) is 3. The van der Waals surface area contributed by atoms with Gasteiger partial charge in [0.25, 0.3) is 0 Å². The van der Waals surface area contributed by atoms with Gasteiger partial charge >= 0.3 is 63.3 Å². The van der Waals surface area contributed by atoms with E-state index in [0.29, 0.717) is 6.61 Å². The fourth-order valence-electron chi connectivity index (χ4n) is 1.44. The van der Waals surface area contributed by atoms with Crippen LogP contribution in [0.4, 0.5) is 0 Å². The number of rotatable bonds is 6. The minimum Gasteiger partial charge on any atom is -1.00 e. The first-order valence-electron chi connectivity index (χ1n) is 5.66. The maximum absolute atomic E-state index is 11.6. The Morgan fingerprint density at radius 1 is 1.22 bits per heavy atom. The zero-order valence-electron chi connectivity index (χ0n) is 11.8. The van der Waals surface area contributed by atoms with Crippen LogP contribution in [0.1, 0.15) is 48.3 Å². The summed E-state index contributed by atoms with van der Waals surface area (Å²) in [6.45, 7) is 2.39. The molecule has 0 aliphatic rings. The van der Waals surface area contributed by atoms with Crippen molar-refractivity contribution in [3.8, 4) is 0 Å². The second kappa shape index (κ2) is 9.69. The molecule has 0 radical (unpaired) electrons. The number of unbranched alkanes of at least 4 members (excludes halogenated alkanes) is 2. The largest absolute Gasteiger partial charge is 1.00 e. The number of esters is 1. The monoisotopic (exact) mass is 276 g/mol. The maximum atomic E-state index is 11.6. The summed E-state index contributed by atoms with van der Waals surface area (Å²) in [4.78, 5) is 22.5. The van der Waals surface area contributed by atoms with Crippen LogP contribution in [0.15, 0.2) is 24.3 Å². The van der Waals surface area contributed by atoms with Crippen molar-refractivity contribution in [2.24, 2.45) is 0 Å². The summed E-state index contributed by atoms with van der Waals surface area (Å²) in [5, 5.41) is 8.92. The molecule has 0 unspecified atom stereocenters. The number of benzene rings is 1. The van der Waals surface area contributed by atoms with E-state index in [9.17, 15) is 9.59 Å². The molecule has 0 saturated carbocycles. The third-order valence-electron chi connectivity index (χ3n) is 2.36. The molecule has 0 amide bonds. The van der Waals surface area contributed by atoms with Crippen molar-refractivity contribution in [1.82, 2.24) is 0 Å². The number of hydrogen-bond donors (Lipinski definition) is 1. The van der Waals surface area contributed by atoms with Gasteiger partial charge in [0.15, 0.2) is 0 Å². The quantitative estimate of drug-likeness (QED) is 0.446. The molecular formula is C13H17KO4. The molecule has 0 aromatic heterocycles. The molecule has 1 rings (SSSR count). The van der Waals surface area contributed by atoms with Crippen LogP contribution < -0.4 is 51.4 Å². The summed E-state index contributed by atoms with van der Waals surface area (Å²) in [7, 11) is 0. The number of carboxylic acids is 1. The van der Waals surface area contributed by atoms with E-state index >= 15 is 0 Å². The number of carboxylic acid groups (broad SMARTS) is 1. The van der Waals surface area contributed by atoms with E-state index in [2.05, 4.69) is 6.92 Å². The first kappa shape index (κ1) is 17.8. The van der Waals surface area contributed by atoms with Crippen LogP contribution in [-0.2, 0) is 4.74 Å².